The fraction of sp³-hybridized carbons (Fsp3) is 0.500. The Balaban J connectivity index is 2.75. The maximum atomic E-state index is 11.4. The van der Waals surface area contributed by atoms with Crippen molar-refractivity contribution in [2.45, 2.75) is 20.0 Å². The van der Waals surface area contributed by atoms with Crippen LogP contribution in [0.5, 0.6) is 0 Å². The number of hydrogen-bond donors (Lipinski definition) is 1. The van der Waals surface area contributed by atoms with Gasteiger partial charge >= 0.3 is 5.97 Å². The van der Waals surface area contributed by atoms with Crippen molar-refractivity contribution in [1.82, 2.24) is 9.97 Å². The molecular formula is C10H14N2O4. The van der Waals surface area contributed by atoms with E-state index < -0.39 is 11.5 Å². The van der Waals surface area contributed by atoms with Crippen LogP contribution in [0, 0.1) is 0 Å². The highest BCUT2D eigenvalue weighted by Crippen LogP contribution is 1.95. The highest BCUT2D eigenvalue weighted by atomic mass is 16.5. The molecule has 0 saturated carbocycles. The Morgan fingerprint density at radius 1 is 1.56 bits per heavy atom. The molecule has 0 amide bonds. The average Bonchev–Trinajstić information content (AvgIpc) is 2.29. The summed E-state index contributed by atoms with van der Waals surface area (Å²) in [5.41, 5.74) is -0.626. The summed E-state index contributed by atoms with van der Waals surface area (Å²) >= 11 is 0. The molecule has 6 heteroatoms. The van der Waals surface area contributed by atoms with E-state index >= 15 is 0 Å². The third-order valence-electron chi connectivity index (χ3n) is 1.84. The molecule has 1 heterocycles. The van der Waals surface area contributed by atoms with Crippen LogP contribution in [0.3, 0.4) is 0 Å². The third-order valence-corrected chi connectivity index (χ3v) is 1.84. The Morgan fingerprint density at radius 3 is 2.88 bits per heavy atom. The Kier molecular flexibility index (Phi) is 4.65. The molecule has 0 atom stereocenters. The van der Waals surface area contributed by atoms with Gasteiger partial charge in [-0.05, 0) is 6.42 Å². The molecule has 0 aliphatic rings. The number of carbonyl (C=O) groups excluding carboxylic acids is 1. The molecule has 0 saturated heterocycles. The molecule has 88 valence electrons. The van der Waals surface area contributed by atoms with Gasteiger partial charge < -0.3 is 14.5 Å². The van der Waals surface area contributed by atoms with Gasteiger partial charge in [0.25, 0.3) is 5.56 Å². The molecule has 1 rings (SSSR count). The standard InChI is InChI=1S/C10H14N2O4/c1-3-4-16-6-8-11-5-7(9(13)12-8)10(14)15-2/h5H,3-4,6H2,1-2H3,(H,11,12,13). The topological polar surface area (TPSA) is 81.3 Å². The van der Waals surface area contributed by atoms with Gasteiger partial charge in [-0.25, -0.2) is 9.78 Å². The zero-order chi connectivity index (χ0) is 12.0. The van der Waals surface area contributed by atoms with Crippen molar-refractivity contribution >= 4 is 5.97 Å². The fourth-order valence-electron chi connectivity index (χ4n) is 1.07. The van der Waals surface area contributed by atoms with Gasteiger partial charge in [0.05, 0.1) is 7.11 Å². The second-order valence-electron chi connectivity index (χ2n) is 3.12. The Morgan fingerprint density at radius 2 is 2.31 bits per heavy atom. The summed E-state index contributed by atoms with van der Waals surface area (Å²) in [4.78, 5) is 28.9. The molecule has 0 unspecified atom stereocenters. The summed E-state index contributed by atoms with van der Waals surface area (Å²) in [5.74, 6) is -0.305. The monoisotopic (exact) mass is 226 g/mol. The number of nitrogens with one attached hydrogen (secondary N) is 1. The Bertz CT molecular complexity index is 414. The number of H-pyrrole nitrogens is 1. The molecule has 1 aromatic rings. The van der Waals surface area contributed by atoms with E-state index in [2.05, 4.69) is 14.7 Å². The SMILES string of the molecule is CCCOCc1ncc(C(=O)OC)c(=O)[nH]1. The summed E-state index contributed by atoms with van der Waals surface area (Å²) in [6, 6.07) is 0. The molecule has 0 spiro atoms. The molecule has 0 aromatic carbocycles. The third kappa shape index (κ3) is 3.16. The van der Waals surface area contributed by atoms with Gasteiger partial charge in [-0.2, -0.15) is 0 Å². The summed E-state index contributed by atoms with van der Waals surface area (Å²) < 4.78 is 9.63. The van der Waals surface area contributed by atoms with Crippen LogP contribution < -0.4 is 5.56 Å². The van der Waals surface area contributed by atoms with E-state index in [0.29, 0.717) is 12.4 Å². The highest BCUT2D eigenvalue weighted by molar-refractivity contribution is 5.88. The quantitative estimate of drug-likeness (QED) is 0.583. The van der Waals surface area contributed by atoms with Gasteiger partial charge in [0, 0.05) is 12.8 Å². The number of esters is 1. The zero-order valence-corrected chi connectivity index (χ0v) is 9.28. The average molecular weight is 226 g/mol. The summed E-state index contributed by atoms with van der Waals surface area (Å²) in [5, 5.41) is 0. The number of methoxy groups -OCH3 is 1. The number of aromatic amines is 1. The highest BCUT2D eigenvalue weighted by Gasteiger charge is 2.11. The molecule has 0 bridgehead atoms. The minimum absolute atomic E-state index is 0.109. The number of hydrogen-bond acceptors (Lipinski definition) is 5. The molecule has 0 fully saturated rings. The van der Waals surface area contributed by atoms with Gasteiger partial charge in [-0.1, -0.05) is 6.92 Å². The first-order chi connectivity index (χ1) is 7.69. The van der Waals surface area contributed by atoms with Crippen LogP contribution in [0.15, 0.2) is 11.0 Å². The van der Waals surface area contributed by atoms with Crippen LogP contribution in [0.2, 0.25) is 0 Å². The van der Waals surface area contributed by atoms with Crippen LogP contribution in [-0.2, 0) is 16.1 Å². The molecule has 1 aromatic heterocycles. The molecule has 0 aliphatic heterocycles. The lowest BCUT2D eigenvalue weighted by Crippen LogP contribution is -2.21. The lowest BCUT2D eigenvalue weighted by atomic mass is 10.3. The van der Waals surface area contributed by atoms with Crippen LogP contribution in [0.25, 0.3) is 0 Å². The van der Waals surface area contributed by atoms with Crippen LogP contribution in [0.1, 0.15) is 29.5 Å². The van der Waals surface area contributed by atoms with Crippen LogP contribution in [0.4, 0.5) is 0 Å². The van der Waals surface area contributed by atoms with Gasteiger partial charge in [-0.3, -0.25) is 4.79 Å². The Labute approximate surface area is 92.6 Å². The zero-order valence-electron chi connectivity index (χ0n) is 9.28. The number of carbonyl (C=O) groups is 1. The van der Waals surface area contributed by atoms with E-state index in [-0.39, 0.29) is 12.2 Å². The van der Waals surface area contributed by atoms with Crippen molar-refractivity contribution < 1.29 is 14.3 Å². The first kappa shape index (κ1) is 12.4. The predicted molar refractivity (Wildman–Crippen MR) is 56.1 cm³/mol. The maximum Gasteiger partial charge on any atom is 0.345 e. The van der Waals surface area contributed by atoms with Gasteiger partial charge in [0.2, 0.25) is 0 Å². The van der Waals surface area contributed by atoms with Crippen molar-refractivity contribution in [3.63, 3.8) is 0 Å². The van der Waals surface area contributed by atoms with Crippen LogP contribution in [-0.4, -0.2) is 29.7 Å². The molecule has 16 heavy (non-hydrogen) atoms. The van der Waals surface area contributed by atoms with Gasteiger partial charge in [-0.15, -0.1) is 0 Å². The molecule has 0 radical (unpaired) electrons. The second kappa shape index (κ2) is 6.02. The first-order valence-electron chi connectivity index (χ1n) is 4.93. The van der Waals surface area contributed by atoms with Crippen molar-refractivity contribution in [2.24, 2.45) is 0 Å². The van der Waals surface area contributed by atoms with E-state index in [9.17, 15) is 9.59 Å². The van der Waals surface area contributed by atoms with E-state index in [4.69, 9.17) is 4.74 Å². The first-order valence-corrected chi connectivity index (χ1v) is 4.93. The lowest BCUT2D eigenvalue weighted by Gasteiger charge is -2.02. The normalized spacial score (nSPS) is 10.1. The van der Waals surface area contributed by atoms with Crippen LogP contribution >= 0.6 is 0 Å². The Hall–Kier alpha value is -1.69. The largest absolute Gasteiger partial charge is 0.465 e. The summed E-state index contributed by atoms with van der Waals surface area (Å²) in [6.45, 7) is 2.81. The smallest absolute Gasteiger partial charge is 0.345 e. The summed E-state index contributed by atoms with van der Waals surface area (Å²) in [6.07, 6.45) is 2.08. The molecule has 1 N–H and O–H groups in total. The number of ether oxygens (including phenoxy) is 2. The van der Waals surface area contributed by atoms with Crippen molar-refractivity contribution in [3.8, 4) is 0 Å². The molecule has 6 nitrogen and oxygen atoms in total. The molecular weight excluding hydrogens is 212 g/mol. The number of nitrogens with zero attached hydrogens (tertiary/aromatic N) is 1. The molecule has 0 aliphatic carbocycles. The fourth-order valence-corrected chi connectivity index (χ4v) is 1.07. The minimum atomic E-state index is -0.699. The van der Waals surface area contributed by atoms with Crippen molar-refractivity contribution in [2.75, 3.05) is 13.7 Å². The number of rotatable bonds is 5. The van der Waals surface area contributed by atoms with E-state index in [1.165, 1.54) is 13.3 Å². The van der Waals surface area contributed by atoms with E-state index in [1.54, 1.807) is 0 Å². The second-order valence-corrected chi connectivity index (χ2v) is 3.12. The van der Waals surface area contributed by atoms with Gasteiger partial charge in [0.1, 0.15) is 18.0 Å². The van der Waals surface area contributed by atoms with E-state index in [1.807, 2.05) is 6.92 Å². The summed E-state index contributed by atoms with van der Waals surface area (Å²) in [7, 11) is 1.21. The lowest BCUT2D eigenvalue weighted by molar-refractivity contribution is 0.0597. The number of aromatic nitrogens is 2. The van der Waals surface area contributed by atoms with Crippen molar-refractivity contribution in [1.29, 1.82) is 0 Å². The van der Waals surface area contributed by atoms with E-state index in [0.717, 1.165) is 6.42 Å². The maximum absolute atomic E-state index is 11.4. The van der Waals surface area contributed by atoms with Crippen molar-refractivity contribution in [3.05, 3.63) is 27.9 Å². The van der Waals surface area contributed by atoms with Gasteiger partial charge in [0.15, 0.2) is 0 Å². The minimum Gasteiger partial charge on any atom is -0.465 e. The predicted octanol–water partition coefficient (Wildman–Crippen LogP) is 0.483.